The topological polar surface area (TPSA) is 48.9 Å². The largest absolute Gasteiger partial charge is 0.380 e. The lowest BCUT2D eigenvalue weighted by Gasteiger charge is -2.13. The molecule has 0 radical (unpaired) electrons. The molecule has 1 aromatic carbocycles. The molecular formula is C16H29IN4O. The zero-order valence-corrected chi connectivity index (χ0v) is 16.4. The standard InChI is InChI=1S/C16H28N4O.HI/c1-5-21-11-10-18-16(17-2)19-12-14-6-8-15(9-7-14)13-20(3)4;/h6-9H,5,10-13H2,1-4H3,(H2,17,18,19);1H. The SMILES string of the molecule is CCOCCNC(=NC)NCc1ccc(CN(C)C)cc1.I. The van der Waals surface area contributed by atoms with E-state index in [-0.39, 0.29) is 24.0 Å². The third-order valence-corrected chi connectivity index (χ3v) is 2.95. The van der Waals surface area contributed by atoms with Crippen molar-refractivity contribution in [1.82, 2.24) is 15.5 Å². The normalized spacial score (nSPS) is 11.2. The predicted octanol–water partition coefficient (Wildman–Crippen LogP) is 2.07. The van der Waals surface area contributed by atoms with Crippen molar-refractivity contribution in [2.75, 3.05) is 40.9 Å². The van der Waals surface area contributed by atoms with Gasteiger partial charge in [0.2, 0.25) is 0 Å². The maximum Gasteiger partial charge on any atom is 0.191 e. The van der Waals surface area contributed by atoms with Gasteiger partial charge in [-0.15, -0.1) is 24.0 Å². The van der Waals surface area contributed by atoms with Gasteiger partial charge in [-0.3, -0.25) is 4.99 Å². The number of ether oxygens (including phenoxy) is 1. The Kier molecular flexibility index (Phi) is 12.2. The Balaban J connectivity index is 0.00000441. The molecule has 6 heteroatoms. The monoisotopic (exact) mass is 420 g/mol. The molecule has 1 aromatic rings. The number of halogens is 1. The molecule has 0 unspecified atom stereocenters. The molecule has 0 heterocycles. The van der Waals surface area contributed by atoms with Crippen LogP contribution in [0, 0.1) is 0 Å². The minimum absolute atomic E-state index is 0. The molecule has 0 saturated heterocycles. The first kappa shape index (κ1) is 21.1. The fourth-order valence-corrected chi connectivity index (χ4v) is 1.92. The van der Waals surface area contributed by atoms with Crippen molar-refractivity contribution in [3.8, 4) is 0 Å². The van der Waals surface area contributed by atoms with Crippen LogP contribution < -0.4 is 10.6 Å². The third kappa shape index (κ3) is 9.22. The molecule has 1 rings (SSSR count). The van der Waals surface area contributed by atoms with Gasteiger partial charge in [0.1, 0.15) is 0 Å². The van der Waals surface area contributed by atoms with E-state index in [4.69, 9.17) is 4.74 Å². The van der Waals surface area contributed by atoms with Crippen LogP contribution in [-0.4, -0.2) is 51.8 Å². The van der Waals surface area contributed by atoms with Crippen LogP contribution in [0.25, 0.3) is 0 Å². The Hall–Kier alpha value is -0.860. The van der Waals surface area contributed by atoms with Crippen LogP contribution in [0.5, 0.6) is 0 Å². The number of benzene rings is 1. The van der Waals surface area contributed by atoms with Gasteiger partial charge in [-0.2, -0.15) is 0 Å². The van der Waals surface area contributed by atoms with E-state index < -0.39 is 0 Å². The van der Waals surface area contributed by atoms with Crippen molar-refractivity contribution < 1.29 is 4.74 Å². The molecule has 0 saturated carbocycles. The summed E-state index contributed by atoms with van der Waals surface area (Å²) in [6.45, 7) is 5.91. The van der Waals surface area contributed by atoms with Gasteiger partial charge >= 0.3 is 0 Å². The lowest BCUT2D eigenvalue weighted by Crippen LogP contribution is -2.38. The first-order chi connectivity index (χ1) is 10.2. The van der Waals surface area contributed by atoms with E-state index in [1.807, 2.05) is 6.92 Å². The van der Waals surface area contributed by atoms with Gasteiger partial charge in [-0.05, 0) is 32.1 Å². The molecule has 0 atom stereocenters. The van der Waals surface area contributed by atoms with Gasteiger partial charge in [-0.25, -0.2) is 0 Å². The molecule has 0 bridgehead atoms. The summed E-state index contributed by atoms with van der Waals surface area (Å²) in [5.41, 5.74) is 2.56. The van der Waals surface area contributed by atoms with E-state index in [0.717, 1.165) is 32.2 Å². The first-order valence-electron chi connectivity index (χ1n) is 7.40. The van der Waals surface area contributed by atoms with Crippen molar-refractivity contribution in [2.45, 2.75) is 20.0 Å². The summed E-state index contributed by atoms with van der Waals surface area (Å²) >= 11 is 0. The summed E-state index contributed by atoms with van der Waals surface area (Å²) in [5, 5.41) is 6.51. The zero-order chi connectivity index (χ0) is 15.5. The quantitative estimate of drug-likeness (QED) is 0.293. The number of aliphatic imine (C=N–C) groups is 1. The van der Waals surface area contributed by atoms with Crippen LogP contribution in [0.4, 0.5) is 0 Å². The minimum Gasteiger partial charge on any atom is -0.380 e. The van der Waals surface area contributed by atoms with Crippen molar-refractivity contribution in [2.24, 2.45) is 4.99 Å². The average Bonchev–Trinajstić information content (AvgIpc) is 2.47. The highest BCUT2D eigenvalue weighted by molar-refractivity contribution is 14.0. The van der Waals surface area contributed by atoms with Gasteiger partial charge in [-0.1, -0.05) is 24.3 Å². The molecule has 126 valence electrons. The Morgan fingerprint density at radius 3 is 2.32 bits per heavy atom. The smallest absolute Gasteiger partial charge is 0.191 e. The molecule has 0 spiro atoms. The summed E-state index contributed by atoms with van der Waals surface area (Å²) in [4.78, 5) is 6.35. The minimum atomic E-state index is 0. The number of nitrogens with zero attached hydrogens (tertiary/aromatic N) is 2. The van der Waals surface area contributed by atoms with Crippen molar-refractivity contribution >= 4 is 29.9 Å². The molecule has 0 amide bonds. The molecule has 0 fully saturated rings. The van der Waals surface area contributed by atoms with Crippen LogP contribution in [0.2, 0.25) is 0 Å². The van der Waals surface area contributed by atoms with Crippen LogP contribution in [0.1, 0.15) is 18.1 Å². The highest BCUT2D eigenvalue weighted by atomic mass is 127. The Labute approximate surface area is 151 Å². The van der Waals surface area contributed by atoms with E-state index in [0.29, 0.717) is 6.61 Å². The summed E-state index contributed by atoms with van der Waals surface area (Å²) in [6, 6.07) is 8.64. The number of hydrogen-bond donors (Lipinski definition) is 2. The van der Waals surface area contributed by atoms with E-state index in [2.05, 4.69) is 58.9 Å². The van der Waals surface area contributed by atoms with Crippen molar-refractivity contribution in [3.63, 3.8) is 0 Å². The van der Waals surface area contributed by atoms with Crippen LogP contribution in [0.3, 0.4) is 0 Å². The van der Waals surface area contributed by atoms with E-state index in [1.165, 1.54) is 11.1 Å². The van der Waals surface area contributed by atoms with Gasteiger partial charge in [0.25, 0.3) is 0 Å². The van der Waals surface area contributed by atoms with Gasteiger partial charge in [0.05, 0.1) is 6.61 Å². The molecule has 0 aromatic heterocycles. The van der Waals surface area contributed by atoms with E-state index in [1.54, 1.807) is 7.05 Å². The summed E-state index contributed by atoms with van der Waals surface area (Å²) in [6.07, 6.45) is 0. The highest BCUT2D eigenvalue weighted by Crippen LogP contribution is 2.05. The van der Waals surface area contributed by atoms with Gasteiger partial charge in [0, 0.05) is 33.3 Å². The second-order valence-corrected chi connectivity index (χ2v) is 5.10. The Morgan fingerprint density at radius 2 is 1.77 bits per heavy atom. The summed E-state index contributed by atoms with van der Waals surface area (Å²) in [7, 11) is 5.93. The highest BCUT2D eigenvalue weighted by Gasteiger charge is 1.99. The van der Waals surface area contributed by atoms with Crippen LogP contribution in [-0.2, 0) is 17.8 Å². The lowest BCUT2D eigenvalue weighted by molar-refractivity contribution is 0.152. The molecule has 0 aliphatic carbocycles. The maximum atomic E-state index is 5.29. The van der Waals surface area contributed by atoms with E-state index in [9.17, 15) is 0 Å². The number of hydrogen-bond acceptors (Lipinski definition) is 3. The molecule has 22 heavy (non-hydrogen) atoms. The Morgan fingerprint density at radius 1 is 1.14 bits per heavy atom. The summed E-state index contributed by atoms with van der Waals surface area (Å²) in [5.74, 6) is 0.798. The van der Waals surface area contributed by atoms with Crippen LogP contribution in [0.15, 0.2) is 29.3 Å². The summed E-state index contributed by atoms with van der Waals surface area (Å²) < 4.78 is 5.29. The fourth-order valence-electron chi connectivity index (χ4n) is 1.92. The second kappa shape index (κ2) is 12.7. The van der Waals surface area contributed by atoms with Gasteiger partial charge in [0.15, 0.2) is 5.96 Å². The number of rotatable bonds is 8. The maximum absolute atomic E-state index is 5.29. The van der Waals surface area contributed by atoms with Crippen LogP contribution >= 0.6 is 24.0 Å². The van der Waals surface area contributed by atoms with E-state index >= 15 is 0 Å². The zero-order valence-electron chi connectivity index (χ0n) is 14.1. The predicted molar refractivity (Wildman–Crippen MR) is 104 cm³/mol. The number of guanidine groups is 1. The lowest BCUT2D eigenvalue weighted by atomic mass is 10.1. The van der Waals surface area contributed by atoms with Crippen molar-refractivity contribution in [1.29, 1.82) is 0 Å². The third-order valence-electron chi connectivity index (χ3n) is 2.95. The second-order valence-electron chi connectivity index (χ2n) is 5.10. The molecular weight excluding hydrogens is 391 g/mol. The molecule has 0 aliphatic heterocycles. The average molecular weight is 420 g/mol. The van der Waals surface area contributed by atoms with Crippen molar-refractivity contribution in [3.05, 3.63) is 35.4 Å². The molecule has 5 nitrogen and oxygen atoms in total. The first-order valence-corrected chi connectivity index (χ1v) is 7.40. The molecule has 0 aliphatic rings. The van der Waals surface area contributed by atoms with Gasteiger partial charge < -0.3 is 20.3 Å². The molecule has 2 N–H and O–H groups in total. The Bertz CT molecular complexity index is 421. The fraction of sp³-hybridized carbons (Fsp3) is 0.562. The number of nitrogens with one attached hydrogen (secondary N) is 2.